The van der Waals surface area contributed by atoms with Crippen LogP contribution in [0.4, 0.5) is 5.69 Å². The zero-order valence-electron chi connectivity index (χ0n) is 16.0. The van der Waals surface area contributed by atoms with E-state index in [1.165, 1.54) is 5.56 Å². The summed E-state index contributed by atoms with van der Waals surface area (Å²) in [4.78, 5) is 26.6. The summed E-state index contributed by atoms with van der Waals surface area (Å²) in [5.74, 6) is -0.506. The van der Waals surface area contributed by atoms with Crippen molar-refractivity contribution < 1.29 is 19.1 Å². The predicted octanol–water partition coefficient (Wildman–Crippen LogP) is 5.94. The van der Waals surface area contributed by atoms with Gasteiger partial charge in [-0.15, -0.1) is 0 Å². The molecular weight excluding hydrogens is 504 g/mol. The molecule has 152 valence electrons. The van der Waals surface area contributed by atoms with E-state index in [1.807, 2.05) is 24.4 Å². The quantitative estimate of drug-likeness (QED) is 0.309. The summed E-state index contributed by atoms with van der Waals surface area (Å²) in [6.07, 6.45) is 4.09. The standard InChI is InChI=1S/C21H20Br2N2O4/c1-3-5-12-11-24-18-7-6-14(10-15(12)18)29-19-16(22)8-13(9-17(19)23)25-20(26)21(27)28-4-2/h6-11,24H,3-5H2,1-2H3,(H,25,26). The zero-order chi connectivity index (χ0) is 21.0. The van der Waals surface area contributed by atoms with Crippen LogP contribution in [-0.2, 0) is 20.7 Å². The smallest absolute Gasteiger partial charge is 0.397 e. The van der Waals surface area contributed by atoms with Gasteiger partial charge in [-0.2, -0.15) is 0 Å². The van der Waals surface area contributed by atoms with Crippen LogP contribution in [0, 0.1) is 0 Å². The first-order chi connectivity index (χ1) is 13.9. The van der Waals surface area contributed by atoms with Crippen molar-refractivity contribution in [3.05, 3.63) is 51.0 Å². The van der Waals surface area contributed by atoms with Gasteiger partial charge in [-0.1, -0.05) is 13.3 Å². The fourth-order valence-corrected chi connectivity index (χ4v) is 4.27. The normalized spacial score (nSPS) is 10.8. The number of halogens is 2. The van der Waals surface area contributed by atoms with Crippen LogP contribution in [-0.4, -0.2) is 23.5 Å². The molecule has 0 saturated carbocycles. The van der Waals surface area contributed by atoms with Gasteiger partial charge in [0.15, 0.2) is 5.75 Å². The third-order valence-electron chi connectivity index (χ3n) is 4.20. The van der Waals surface area contributed by atoms with E-state index in [0.29, 0.717) is 26.1 Å². The molecular formula is C21H20Br2N2O4. The highest BCUT2D eigenvalue weighted by Crippen LogP contribution is 2.40. The topological polar surface area (TPSA) is 80.4 Å². The van der Waals surface area contributed by atoms with Gasteiger partial charge in [-0.3, -0.25) is 4.79 Å². The second-order valence-electron chi connectivity index (χ2n) is 6.32. The Morgan fingerprint density at radius 1 is 1.10 bits per heavy atom. The minimum atomic E-state index is -0.928. The molecule has 0 unspecified atom stereocenters. The molecule has 0 fully saturated rings. The van der Waals surface area contributed by atoms with Gasteiger partial charge < -0.3 is 19.8 Å². The van der Waals surface area contributed by atoms with E-state index in [2.05, 4.69) is 49.1 Å². The van der Waals surface area contributed by atoms with E-state index in [0.717, 1.165) is 23.7 Å². The van der Waals surface area contributed by atoms with Crippen LogP contribution in [0.25, 0.3) is 10.9 Å². The number of amides is 1. The molecule has 0 aliphatic carbocycles. The molecule has 0 saturated heterocycles. The van der Waals surface area contributed by atoms with Crippen molar-refractivity contribution in [1.29, 1.82) is 0 Å². The monoisotopic (exact) mass is 522 g/mol. The largest absolute Gasteiger partial charge is 0.459 e. The van der Waals surface area contributed by atoms with Gasteiger partial charge >= 0.3 is 11.9 Å². The van der Waals surface area contributed by atoms with Crippen molar-refractivity contribution in [2.45, 2.75) is 26.7 Å². The zero-order valence-corrected chi connectivity index (χ0v) is 19.1. The van der Waals surface area contributed by atoms with Crippen molar-refractivity contribution in [2.24, 2.45) is 0 Å². The third kappa shape index (κ3) is 5.00. The molecule has 2 N–H and O–H groups in total. The van der Waals surface area contributed by atoms with E-state index >= 15 is 0 Å². The van der Waals surface area contributed by atoms with Gasteiger partial charge in [0.2, 0.25) is 0 Å². The van der Waals surface area contributed by atoms with E-state index in [-0.39, 0.29) is 6.61 Å². The van der Waals surface area contributed by atoms with Crippen molar-refractivity contribution >= 4 is 60.3 Å². The Balaban J connectivity index is 1.83. The van der Waals surface area contributed by atoms with Gasteiger partial charge in [0, 0.05) is 22.8 Å². The first-order valence-corrected chi connectivity index (χ1v) is 10.8. The fourth-order valence-electron chi connectivity index (χ4n) is 2.92. The van der Waals surface area contributed by atoms with E-state index in [9.17, 15) is 9.59 Å². The Morgan fingerprint density at radius 3 is 2.48 bits per heavy atom. The second-order valence-corrected chi connectivity index (χ2v) is 8.03. The summed E-state index contributed by atoms with van der Waals surface area (Å²) in [5, 5.41) is 3.64. The molecule has 0 atom stereocenters. The average molecular weight is 524 g/mol. The van der Waals surface area contributed by atoms with Crippen molar-refractivity contribution in [3.8, 4) is 11.5 Å². The lowest BCUT2D eigenvalue weighted by Gasteiger charge is -2.13. The molecule has 3 aromatic rings. The molecule has 6 nitrogen and oxygen atoms in total. The maximum Gasteiger partial charge on any atom is 0.397 e. The number of rotatable bonds is 6. The lowest BCUT2D eigenvalue weighted by Crippen LogP contribution is -2.25. The number of benzene rings is 2. The van der Waals surface area contributed by atoms with Crippen LogP contribution in [0.1, 0.15) is 25.8 Å². The van der Waals surface area contributed by atoms with Crippen molar-refractivity contribution in [1.82, 2.24) is 4.98 Å². The summed E-state index contributed by atoms with van der Waals surface area (Å²) < 4.78 is 12.0. The van der Waals surface area contributed by atoms with Crippen LogP contribution < -0.4 is 10.1 Å². The summed E-state index contributed by atoms with van der Waals surface area (Å²) in [6, 6.07) is 9.21. The van der Waals surface area contributed by atoms with E-state index < -0.39 is 11.9 Å². The number of hydrogen-bond acceptors (Lipinski definition) is 4. The highest BCUT2D eigenvalue weighted by molar-refractivity contribution is 9.11. The molecule has 0 bridgehead atoms. The van der Waals surface area contributed by atoms with Gasteiger partial charge in [-0.25, -0.2) is 4.79 Å². The number of hydrogen-bond donors (Lipinski definition) is 2. The Morgan fingerprint density at radius 2 is 1.83 bits per heavy atom. The van der Waals surface area contributed by atoms with Crippen LogP contribution in [0.5, 0.6) is 11.5 Å². The number of aromatic nitrogens is 1. The van der Waals surface area contributed by atoms with Gasteiger partial charge in [0.05, 0.1) is 15.6 Å². The van der Waals surface area contributed by atoms with Crippen LogP contribution in [0.2, 0.25) is 0 Å². The minimum Gasteiger partial charge on any atom is -0.459 e. The van der Waals surface area contributed by atoms with E-state index in [4.69, 9.17) is 9.47 Å². The Kier molecular flexibility index (Phi) is 6.97. The van der Waals surface area contributed by atoms with Gasteiger partial charge in [-0.05, 0) is 81.1 Å². The number of ether oxygens (including phenoxy) is 2. The molecule has 0 spiro atoms. The van der Waals surface area contributed by atoms with E-state index in [1.54, 1.807) is 19.1 Å². The number of anilines is 1. The highest BCUT2D eigenvalue weighted by Gasteiger charge is 2.17. The second kappa shape index (κ2) is 9.45. The Hall–Kier alpha value is -2.32. The Bertz CT molecular complexity index is 1040. The number of fused-ring (bicyclic) bond motifs is 1. The average Bonchev–Trinajstić information content (AvgIpc) is 3.07. The summed E-state index contributed by atoms with van der Waals surface area (Å²) in [7, 11) is 0. The number of aromatic amines is 1. The van der Waals surface area contributed by atoms with Crippen molar-refractivity contribution in [2.75, 3.05) is 11.9 Å². The molecule has 0 radical (unpaired) electrons. The molecule has 1 heterocycles. The predicted molar refractivity (Wildman–Crippen MR) is 119 cm³/mol. The number of esters is 1. The summed E-state index contributed by atoms with van der Waals surface area (Å²) >= 11 is 6.93. The maximum atomic E-state index is 11.8. The molecule has 0 aliphatic heterocycles. The van der Waals surface area contributed by atoms with Gasteiger partial charge in [0.25, 0.3) is 0 Å². The molecule has 1 amide bonds. The number of carbonyl (C=O) groups is 2. The maximum absolute atomic E-state index is 11.8. The molecule has 8 heteroatoms. The lowest BCUT2D eigenvalue weighted by molar-refractivity contribution is -0.152. The molecule has 29 heavy (non-hydrogen) atoms. The van der Waals surface area contributed by atoms with Crippen molar-refractivity contribution in [3.63, 3.8) is 0 Å². The SMILES string of the molecule is CCCc1c[nH]c2ccc(Oc3c(Br)cc(NC(=O)C(=O)OCC)cc3Br)cc12. The molecule has 0 aliphatic rings. The first-order valence-electron chi connectivity index (χ1n) is 9.18. The molecule has 3 rings (SSSR count). The minimum absolute atomic E-state index is 0.137. The summed E-state index contributed by atoms with van der Waals surface area (Å²) in [5.41, 5.74) is 2.75. The first kappa shape index (κ1) is 21.4. The Labute approximate surface area is 185 Å². The number of carbonyl (C=O) groups excluding carboxylic acids is 2. The molecule has 2 aromatic carbocycles. The number of aryl methyl sites for hydroxylation is 1. The van der Waals surface area contributed by atoms with Crippen LogP contribution >= 0.6 is 31.9 Å². The van der Waals surface area contributed by atoms with Crippen LogP contribution in [0.15, 0.2) is 45.5 Å². The summed E-state index contributed by atoms with van der Waals surface area (Å²) in [6.45, 7) is 3.92. The number of H-pyrrole nitrogens is 1. The van der Waals surface area contributed by atoms with Crippen LogP contribution in [0.3, 0.4) is 0 Å². The van der Waals surface area contributed by atoms with Gasteiger partial charge in [0.1, 0.15) is 5.75 Å². The number of nitrogens with one attached hydrogen (secondary N) is 2. The molecule has 1 aromatic heterocycles. The lowest BCUT2D eigenvalue weighted by atomic mass is 10.1. The highest BCUT2D eigenvalue weighted by atomic mass is 79.9. The third-order valence-corrected chi connectivity index (χ3v) is 5.37. The fraction of sp³-hybridized carbons (Fsp3) is 0.238.